The fourth-order valence-electron chi connectivity index (χ4n) is 5.58. The SMILES string of the molecule is C/C=C1/CCC2C3CC=C(C)C3CCC2C1CCC.CC. The van der Waals surface area contributed by atoms with Crippen molar-refractivity contribution in [3.8, 4) is 0 Å². The van der Waals surface area contributed by atoms with Gasteiger partial charge in [0.1, 0.15) is 0 Å². The van der Waals surface area contributed by atoms with E-state index < -0.39 is 0 Å². The Kier molecular flexibility index (Phi) is 6.14. The number of allylic oxidation sites excluding steroid dienone is 4. The van der Waals surface area contributed by atoms with Crippen molar-refractivity contribution in [1.29, 1.82) is 0 Å². The number of fused-ring (bicyclic) bond motifs is 3. The summed E-state index contributed by atoms with van der Waals surface area (Å²) in [6, 6.07) is 0. The zero-order valence-corrected chi connectivity index (χ0v) is 15.0. The monoisotopic (exact) mass is 288 g/mol. The molecule has 0 aromatic heterocycles. The lowest BCUT2D eigenvalue weighted by Gasteiger charge is -2.48. The summed E-state index contributed by atoms with van der Waals surface area (Å²) in [5.74, 6) is 4.94. The first-order valence-corrected chi connectivity index (χ1v) is 9.58. The molecule has 0 aromatic rings. The van der Waals surface area contributed by atoms with Crippen molar-refractivity contribution in [2.24, 2.45) is 29.6 Å². The van der Waals surface area contributed by atoms with Crippen LogP contribution in [0.25, 0.3) is 0 Å². The van der Waals surface area contributed by atoms with Gasteiger partial charge in [0, 0.05) is 0 Å². The van der Waals surface area contributed by atoms with Crippen LogP contribution in [0.5, 0.6) is 0 Å². The van der Waals surface area contributed by atoms with E-state index in [1.165, 1.54) is 44.9 Å². The molecule has 2 saturated carbocycles. The van der Waals surface area contributed by atoms with Crippen LogP contribution in [-0.2, 0) is 0 Å². The molecular weight excluding hydrogens is 252 g/mol. The average molecular weight is 289 g/mol. The third kappa shape index (κ3) is 3.15. The number of hydrogen-bond donors (Lipinski definition) is 0. The van der Waals surface area contributed by atoms with Crippen molar-refractivity contribution in [1.82, 2.24) is 0 Å². The zero-order chi connectivity index (χ0) is 15.4. The summed E-state index contributed by atoms with van der Waals surface area (Å²) in [6.07, 6.45) is 15.0. The molecule has 0 heterocycles. The molecule has 0 nitrogen and oxygen atoms in total. The Balaban J connectivity index is 0.000000774. The Morgan fingerprint density at radius 1 is 1.10 bits per heavy atom. The van der Waals surface area contributed by atoms with Gasteiger partial charge < -0.3 is 0 Å². The van der Waals surface area contributed by atoms with E-state index in [-0.39, 0.29) is 0 Å². The smallest absolute Gasteiger partial charge is 0.0172 e. The van der Waals surface area contributed by atoms with Gasteiger partial charge in [-0.1, -0.05) is 50.5 Å². The summed E-state index contributed by atoms with van der Waals surface area (Å²) in [5.41, 5.74) is 3.51. The second-order valence-corrected chi connectivity index (χ2v) is 7.16. The van der Waals surface area contributed by atoms with Gasteiger partial charge in [-0.05, 0) is 82.0 Å². The average Bonchev–Trinajstić information content (AvgIpc) is 2.91. The molecule has 5 atom stereocenters. The summed E-state index contributed by atoms with van der Waals surface area (Å²) in [7, 11) is 0. The predicted octanol–water partition coefficient (Wildman–Crippen LogP) is 6.78. The summed E-state index contributed by atoms with van der Waals surface area (Å²) in [6.45, 7) is 11.0. The highest BCUT2D eigenvalue weighted by molar-refractivity contribution is 5.20. The van der Waals surface area contributed by atoms with Gasteiger partial charge in [0.15, 0.2) is 0 Å². The summed E-state index contributed by atoms with van der Waals surface area (Å²) in [5, 5.41) is 0. The minimum atomic E-state index is 0.926. The molecule has 120 valence electrons. The zero-order valence-electron chi connectivity index (χ0n) is 15.0. The highest BCUT2D eigenvalue weighted by Crippen LogP contribution is 2.55. The maximum atomic E-state index is 2.55. The van der Waals surface area contributed by atoms with Crippen LogP contribution in [0.1, 0.15) is 79.6 Å². The molecule has 0 radical (unpaired) electrons. The van der Waals surface area contributed by atoms with E-state index in [4.69, 9.17) is 0 Å². The van der Waals surface area contributed by atoms with Gasteiger partial charge in [0.05, 0.1) is 0 Å². The third-order valence-corrected chi connectivity index (χ3v) is 6.45. The molecule has 3 aliphatic rings. The second-order valence-electron chi connectivity index (χ2n) is 7.16. The Morgan fingerprint density at radius 3 is 2.52 bits per heavy atom. The van der Waals surface area contributed by atoms with E-state index >= 15 is 0 Å². The van der Waals surface area contributed by atoms with Gasteiger partial charge in [-0.2, -0.15) is 0 Å². The van der Waals surface area contributed by atoms with Crippen LogP contribution in [0, 0.1) is 29.6 Å². The first kappa shape index (κ1) is 16.8. The second kappa shape index (κ2) is 7.65. The standard InChI is InChI=1S/C19H30.C2H6/c1-4-6-16-14(5-2)8-10-19-17-9-7-13(3)15(17)11-12-18(16)19;1-2/h5,7,15-19H,4,6,8-12H2,1-3H3;1-2H3/b14-5-;. The van der Waals surface area contributed by atoms with E-state index in [1.807, 2.05) is 13.8 Å². The minimum Gasteiger partial charge on any atom is -0.0882 e. The van der Waals surface area contributed by atoms with Crippen LogP contribution in [-0.4, -0.2) is 0 Å². The lowest BCUT2D eigenvalue weighted by molar-refractivity contribution is 0.0569. The van der Waals surface area contributed by atoms with Gasteiger partial charge in [-0.3, -0.25) is 0 Å². The highest BCUT2D eigenvalue weighted by atomic mass is 14.5. The number of rotatable bonds is 2. The van der Waals surface area contributed by atoms with Crippen molar-refractivity contribution >= 4 is 0 Å². The van der Waals surface area contributed by atoms with Crippen molar-refractivity contribution < 1.29 is 0 Å². The van der Waals surface area contributed by atoms with Crippen LogP contribution in [0.4, 0.5) is 0 Å². The molecule has 0 aromatic carbocycles. The largest absolute Gasteiger partial charge is 0.0882 e. The van der Waals surface area contributed by atoms with Gasteiger partial charge in [-0.25, -0.2) is 0 Å². The van der Waals surface area contributed by atoms with E-state index in [2.05, 4.69) is 32.9 Å². The first-order chi connectivity index (χ1) is 10.3. The van der Waals surface area contributed by atoms with Crippen molar-refractivity contribution in [3.63, 3.8) is 0 Å². The molecule has 0 spiro atoms. The molecule has 3 rings (SSSR count). The van der Waals surface area contributed by atoms with E-state index in [0.29, 0.717) is 0 Å². The molecular formula is C21H36. The molecule has 3 aliphatic carbocycles. The Labute approximate surface area is 133 Å². The maximum absolute atomic E-state index is 2.55. The molecule has 0 bridgehead atoms. The lowest BCUT2D eigenvalue weighted by atomic mass is 9.56. The van der Waals surface area contributed by atoms with Crippen LogP contribution in [0.15, 0.2) is 23.3 Å². The molecule has 0 heteroatoms. The van der Waals surface area contributed by atoms with Crippen LogP contribution >= 0.6 is 0 Å². The predicted molar refractivity (Wildman–Crippen MR) is 94.3 cm³/mol. The van der Waals surface area contributed by atoms with Gasteiger partial charge >= 0.3 is 0 Å². The van der Waals surface area contributed by atoms with Crippen molar-refractivity contribution in [2.45, 2.75) is 79.6 Å². The highest BCUT2D eigenvalue weighted by Gasteiger charge is 2.46. The molecule has 0 aliphatic heterocycles. The fourth-order valence-corrected chi connectivity index (χ4v) is 5.58. The first-order valence-electron chi connectivity index (χ1n) is 9.58. The molecule has 21 heavy (non-hydrogen) atoms. The molecule has 0 saturated heterocycles. The molecule has 5 unspecified atom stereocenters. The molecule has 0 amide bonds. The topological polar surface area (TPSA) is 0 Å². The Bertz CT molecular complexity index is 387. The normalized spacial score (nSPS) is 40.0. The lowest BCUT2D eigenvalue weighted by Crippen LogP contribution is -2.40. The van der Waals surface area contributed by atoms with Crippen molar-refractivity contribution in [2.75, 3.05) is 0 Å². The van der Waals surface area contributed by atoms with E-state index in [1.54, 1.807) is 11.1 Å². The van der Waals surface area contributed by atoms with Crippen molar-refractivity contribution in [3.05, 3.63) is 23.3 Å². The van der Waals surface area contributed by atoms with Crippen LogP contribution in [0.2, 0.25) is 0 Å². The Morgan fingerprint density at radius 2 is 1.86 bits per heavy atom. The van der Waals surface area contributed by atoms with Gasteiger partial charge in [0.25, 0.3) is 0 Å². The maximum Gasteiger partial charge on any atom is -0.0172 e. The van der Waals surface area contributed by atoms with Crippen LogP contribution in [0.3, 0.4) is 0 Å². The summed E-state index contributed by atoms with van der Waals surface area (Å²) < 4.78 is 0. The third-order valence-electron chi connectivity index (χ3n) is 6.45. The summed E-state index contributed by atoms with van der Waals surface area (Å²) >= 11 is 0. The molecule has 2 fully saturated rings. The summed E-state index contributed by atoms with van der Waals surface area (Å²) in [4.78, 5) is 0. The fraction of sp³-hybridized carbons (Fsp3) is 0.810. The minimum absolute atomic E-state index is 0.926. The van der Waals surface area contributed by atoms with Crippen LogP contribution < -0.4 is 0 Å². The Hall–Kier alpha value is -0.520. The van der Waals surface area contributed by atoms with E-state index in [0.717, 1.165) is 29.6 Å². The van der Waals surface area contributed by atoms with E-state index in [9.17, 15) is 0 Å². The van der Waals surface area contributed by atoms with Gasteiger partial charge in [0.2, 0.25) is 0 Å². The van der Waals surface area contributed by atoms with Gasteiger partial charge in [-0.15, -0.1) is 0 Å². The quantitative estimate of drug-likeness (QED) is 0.491. The number of hydrogen-bond acceptors (Lipinski definition) is 0. The molecule has 0 N–H and O–H groups in total.